The second-order valence-electron chi connectivity index (χ2n) is 4.91. The molecule has 1 rings (SSSR count). The highest BCUT2D eigenvalue weighted by Crippen LogP contribution is 2.25. The lowest BCUT2D eigenvalue weighted by Crippen LogP contribution is -2.19. The van der Waals surface area contributed by atoms with E-state index in [0.717, 1.165) is 15.9 Å². The topological polar surface area (TPSA) is 64.4 Å². The molecule has 1 aromatic rings. The molecule has 1 amide bonds. The van der Waals surface area contributed by atoms with E-state index < -0.39 is 0 Å². The van der Waals surface area contributed by atoms with E-state index in [4.69, 9.17) is 10.5 Å². The summed E-state index contributed by atoms with van der Waals surface area (Å²) in [6, 6.07) is 5.57. The predicted molar refractivity (Wildman–Crippen MR) is 88.7 cm³/mol. The number of nitrogens with two attached hydrogens (primary N) is 1. The summed E-state index contributed by atoms with van der Waals surface area (Å²) < 4.78 is 6.48. The number of carbonyl (C=O) groups excluding carboxylic acids is 1. The Hall–Kier alpha value is -0.780. The van der Waals surface area contributed by atoms with Crippen molar-refractivity contribution in [2.45, 2.75) is 45.8 Å². The summed E-state index contributed by atoms with van der Waals surface area (Å²) in [6.07, 6.45) is 1.19. The molecular weight excluding hydrogens is 344 g/mol. The van der Waals surface area contributed by atoms with Gasteiger partial charge in [0.05, 0.1) is 6.10 Å². The number of carbonyl (C=O) groups is 1. The van der Waals surface area contributed by atoms with Crippen molar-refractivity contribution in [3.63, 3.8) is 0 Å². The monoisotopic (exact) mass is 364 g/mol. The first-order valence-electron chi connectivity index (χ1n) is 6.39. The summed E-state index contributed by atoms with van der Waals surface area (Å²) in [5.74, 6) is 0.692. The first-order chi connectivity index (χ1) is 8.86. The van der Waals surface area contributed by atoms with Gasteiger partial charge in [0, 0.05) is 28.7 Å². The van der Waals surface area contributed by atoms with Crippen LogP contribution in [0.3, 0.4) is 0 Å². The molecule has 0 aliphatic rings. The molecule has 0 spiro atoms. The Morgan fingerprint density at radius 3 is 2.55 bits per heavy atom. The molecule has 0 radical (unpaired) electrons. The van der Waals surface area contributed by atoms with Gasteiger partial charge in [0.1, 0.15) is 5.75 Å². The molecule has 0 aromatic heterocycles. The molecule has 1 aromatic carbocycles. The van der Waals surface area contributed by atoms with Crippen LogP contribution >= 0.6 is 28.3 Å². The van der Waals surface area contributed by atoms with Crippen LogP contribution in [0.1, 0.15) is 33.6 Å². The van der Waals surface area contributed by atoms with Gasteiger partial charge >= 0.3 is 0 Å². The fourth-order valence-electron chi connectivity index (χ4n) is 1.56. The Labute approximate surface area is 135 Å². The number of hydrogen-bond donors (Lipinski definition) is 2. The Bertz CT molecular complexity index is 439. The van der Waals surface area contributed by atoms with Gasteiger partial charge in [-0.1, -0.05) is 15.9 Å². The summed E-state index contributed by atoms with van der Waals surface area (Å²) in [5.41, 5.74) is 6.35. The largest absolute Gasteiger partial charge is 0.491 e. The maximum atomic E-state index is 11.7. The molecule has 6 heteroatoms. The van der Waals surface area contributed by atoms with E-state index in [9.17, 15) is 4.79 Å². The summed E-state index contributed by atoms with van der Waals surface area (Å²) in [6.45, 7) is 5.81. The van der Waals surface area contributed by atoms with Crippen LogP contribution < -0.4 is 15.8 Å². The van der Waals surface area contributed by atoms with Crippen molar-refractivity contribution in [3.05, 3.63) is 22.7 Å². The van der Waals surface area contributed by atoms with Crippen molar-refractivity contribution in [3.8, 4) is 5.75 Å². The van der Waals surface area contributed by atoms with Crippen LogP contribution in [0.2, 0.25) is 0 Å². The summed E-state index contributed by atoms with van der Waals surface area (Å²) >= 11 is 3.40. The third-order valence-electron chi connectivity index (χ3n) is 2.35. The minimum atomic E-state index is -0.0362. The van der Waals surface area contributed by atoms with Crippen LogP contribution in [0.5, 0.6) is 5.75 Å². The van der Waals surface area contributed by atoms with Gasteiger partial charge in [0.25, 0.3) is 0 Å². The van der Waals surface area contributed by atoms with Crippen molar-refractivity contribution in [1.82, 2.24) is 0 Å². The molecular formula is C14H22BrClN2O2. The van der Waals surface area contributed by atoms with Gasteiger partial charge in [-0.2, -0.15) is 0 Å². The number of amides is 1. The number of nitrogens with one attached hydrogen (secondary N) is 1. The van der Waals surface area contributed by atoms with Crippen LogP contribution in [-0.2, 0) is 4.79 Å². The second kappa shape index (κ2) is 9.21. The average Bonchev–Trinajstić information content (AvgIpc) is 2.24. The van der Waals surface area contributed by atoms with E-state index in [0.29, 0.717) is 12.8 Å². The van der Waals surface area contributed by atoms with Gasteiger partial charge in [-0.05, 0) is 39.3 Å². The summed E-state index contributed by atoms with van der Waals surface area (Å²) in [5, 5.41) is 2.85. The Morgan fingerprint density at radius 1 is 1.35 bits per heavy atom. The van der Waals surface area contributed by atoms with Gasteiger partial charge in [0.2, 0.25) is 5.91 Å². The maximum absolute atomic E-state index is 11.7. The van der Waals surface area contributed by atoms with Gasteiger partial charge < -0.3 is 15.8 Å². The minimum Gasteiger partial charge on any atom is -0.491 e. The van der Waals surface area contributed by atoms with Crippen molar-refractivity contribution in [2.75, 3.05) is 5.32 Å². The van der Waals surface area contributed by atoms with Crippen LogP contribution in [0, 0.1) is 0 Å². The van der Waals surface area contributed by atoms with Gasteiger partial charge in [-0.15, -0.1) is 12.4 Å². The zero-order valence-electron chi connectivity index (χ0n) is 12.0. The maximum Gasteiger partial charge on any atom is 0.224 e. The highest BCUT2D eigenvalue weighted by Gasteiger charge is 2.07. The number of ether oxygens (including phenoxy) is 1. The number of anilines is 1. The zero-order chi connectivity index (χ0) is 14.4. The van der Waals surface area contributed by atoms with Gasteiger partial charge in [-0.25, -0.2) is 0 Å². The summed E-state index contributed by atoms with van der Waals surface area (Å²) in [4.78, 5) is 11.7. The molecule has 1 unspecified atom stereocenters. The molecule has 0 saturated carbocycles. The lowest BCUT2D eigenvalue weighted by Gasteiger charge is -2.13. The van der Waals surface area contributed by atoms with Gasteiger partial charge in [-0.3, -0.25) is 4.79 Å². The molecule has 0 aliphatic heterocycles. The fraction of sp³-hybridized carbons (Fsp3) is 0.500. The van der Waals surface area contributed by atoms with Gasteiger partial charge in [0.15, 0.2) is 0 Å². The van der Waals surface area contributed by atoms with E-state index in [-0.39, 0.29) is 30.5 Å². The SMILES string of the molecule is CC(N)CCC(=O)Nc1cc(Br)cc(OC(C)C)c1.Cl. The van der Waals surface area contributed by atoms with E-state index >= 15 is 0 Å². The first-order valence-corrected chi connectivity index (χ1v) is 7.19. The third-order valence-corrected chi connectivity index (χ3v) is 2.81. The Morgan fingerprint density at radius 2 is 2.00 bits per heavy atom. The molecule has 0 saturated heterocycles. The van der Waals surface area contributed by atoms with Crippen molar-refractivity contribution >= 4 is 39.9 Å². The molecule has 0 fully saturated rings. The van der Waals surface area contributed by atoms with E-state index in [1.54, 1.807) is 0 Å². The number of hydrogen-bond acceptors (Lipinski definition) is 3. The third kappa shape index (κ3) is 7.72. The zero-order valence-corrected chi connectivity index (χ0v) is 14.4. The lowest BCUT2D eigenvalue weighted by atomic mass is 10.2. The highest BCUT2D eigenvalue weighted by atomic mass is 79.9. The summed E-state index contributed by atoms with van der Waals surface area (Å²) in [7, 11) is 0. The molecule has 4 nitrogen and oxygen atoms in total. The predicted octanol–water partition coefficient (Wildman–Crippen LogP) is 3.72. The number of halogens is 2. The molecule has 20 heavy (non-hydrogen) atoms. The minimum absolute atomic E-state index is 0. The van der Waals surface area contributed by atoms with Crippen molar-refractivity contribution in [1.29, 1.82) is 0 Å². The molecule has 114 valence electrons. The van der Waals surface area contributed by atoms with Crippen molar-refractivity contribution < 1.29 is 9.53 Å². The van der Waals surface area contributed by atoms with Crippen LogP contribution in [0.4, 0.5) is 5.69 Å². The van der Waals surface area contributed by atoms with E-state index in [2.05, 4.69) is 21.2 Å². The molecule has 3 N–H and O–H groups in total. The van der Waals surface area contributed by atoms with Crippen LogP contribution in [0.15, 0.2) is 22.7 Å². The standard InChI is InChI=1S/C14H21BrN2O2.ClH/c1-9(2)19-13-7-11(15)6-12(8-13)17-14(18)5-4-10(3)16;/h6-10H,4-5,16H2,1-3H3,(H,17,18);1H. The molecule has 0 bridgehead atoms. The van der Waals surface area contributed by atoms with E-state index in [1.165, 1.54) is 0 Å². The number of rotatable bonds is 6. The average molecular weight is 366 g/mol. The van der Waals surface area contributed by atoms with Crippen LogP contribution in [0.25, 0.3) is 0 Å². The van der Waals surface area contributed by atoms with Crippen LogP contribution in [-0.4, -0.2) is 18.1 Å². The molecule has 0 aliphatic carbocycles. The Balaban J connectivity index is 0.00000361. The second-order valence-corrected chi connectivity index (χ2v) is 5.82. The Kier molecular flexibility index (Phi) is 8.85. The molecule has 1 atom stereocenters. The smallest absolute Gasteiger partial charge is 0.224 e. The first kappa shape index (κ1) is 19.2. The van der Waals surface area contributed by atoms with Crippen molar-refractivity contribution in [2.24, 2.45) is 5.73 Å². The normalized spacial score (nSPS) is 11.7. The highest BCUT2D eigenvalue weighted by molar-refractivity contribution is 9.10. The number of benzene rings is 1. The lowest BCUT2D eigenvalue weighted by molar-refractivity contribution is -0.116. The quantitative estimate of drug-likeness (QED) is 0.807. The molecule has 0 heterocycles. The fourth-order valence-corrected chi connectivity index (χ4v) is 2.03. The van der Waals surface area contributed by atoms with E-state index in [1.807, 2.05) is 39.0 Å².